The molecule has 0 atom stereocenters. The summed E-state index contributed by atoms with van der Waals surface area (Å²) in [5.41, 5.74) is 0.475. The van der Waals surface area contributed by atoms with E-state index in [9.17, 15) is 18.0 Å². The Morgan fingerprint density at radius 2 is 2.00 bits per heavy atom. The highest BCUT2D eigenvalue weighted by Gasteiger charge is 2.30. The van der Waals surface area contributed by atoms with Gasteiger partial charge in [0.05, 0.1) is 5.69 Å². The summed E-state index contributed by atoms with van der Waals surface area (Å²) in [4.78, 5) is 24.7. The summed E-state index contributed by atoms with van der Waals surface area (Å²) in [5, 5.41) is 5.48. The molecule has 2 heterocycles. The number of benzene rings is 1. The second kappa shape index (κ2) is 6.84. The van der Waals surface area contributed by atoms with Crippen LogP contribution in [-0.4, -0.2) is 30.7 Å². The minimum atomic E-state index is -3.90. The summed E-state index contributed by atoms with van der Waals surface area (Å²) in [6.45, 7) is 0.594. The van der Waals surface area contributed by atoms with E-state index >= 15 is 0 Å². The summed E-state index contributed by atoms with van der Waals surface area (Å²) < 4.78 is 26.5. The number of nitrogens with one attached hydrogen (secondary N) is 2. The molecular weight excluding hydrogens is 366 g/mol. The Hall–Kier alpha value is -2.61. The van der Waals surface area contributed by atoms with Crippen LogP contribution in [-0.2, 0) is 10.0 Å². The number of amides is 2. The predicted octanol–water partition coefficient (Wildman–Crippen LogP) is 2.60. The van der Waals surface area contributed by atoms with Gasteiger partial charge in [0.15, 0.2) is 0 Å². The van der Waals surface area contributed by atoms with Crippen LogP contribution in [0.1, 0.15) is 53.0 Å². The van der Waals surface area contributed by atoms with Crippen LogP contribution in [0.15, 0.2) is 41.4 Å². The normalized spacial score (nSPS) is 18.3. The molecule has 0 spiro atoms. The Morgan fingerprint density at radius 3 is 2.78 bits per heavy atom. The van der Waals surface area contributed by atoms with Crippen LogP contribution in [0.2, 0.25) is 0 Å². The molecule has 0 bridgehead atoms. The quantitative estimate of drug-likeness (QED) is 0.843. The lowest BCUT2D eigenvalue weighted by Crippen LogP contribution is -2.26. The number of hydrogen-bond acceptors (Lipinski definition) is 4. The lowest BCUT2D eigenvalue weighted by atomic mass is 10.0. The minimum absolute atomic E-state index is 0.0340. The maximum Gasteiger partial charge on any atom is 0.273 e. The van der Waals surface area contributed by atoms with Crippen molar-refractivity contribution in [1.82, 2.24) is 9.29 Å². The zero-order chi connectivity index (χ0) is 19.0. The van der Waals surface area contributed by atoms with E-state index in [1.807, 2.05) is 0 Å². The number of nitrogens with zero attached hydrogens (tertiary/aromatic N) is 1. The number of aromatic nitrogens is 1. The molecular formula is C19H21N3O4S. The van der Waals surface area contributed by atoms with Gasteiger partial charge in [0, 0.05) is 18.3 Å². The molecule has 2 aliphatic rings. The van der Waals surface area contributed by atoms with Gasteiger partial charge in [-0.15, -0.1) is 0 Å². The van der Waals surface area contributed by atoms with Crippen molar-refractivity contribution >= 4 is 27.5 Å². The zero-order valence-electron chi connectivity index (χ0n) is 14.8. The van der Waals surface area contributed by atoms with Gasteiger partial charge < -0.3 is 10.6 Å². The predicted molar refractivity (Wildman–Crippen MR) is 100 cm³/mol. The highest BCUT2D eigenvalue weighted by Crippen LogP contribution is 2.30. The maximum atomic E-state index is 12.8. The Balaban J connectivity index is 1.55. The first-order chi connectivity index (χ1) is 13.0. The van der Waals surface area contributed by atoms with Crippen LogP contribution in [0, 0.1) is 5.92 Å². The smallest absolute Gasteiger partial charge is 0.273 e. The number of anilines is 1. The third-order valence-corrected chi connectivity index (χ3v) is 7.03. The average molecular weight is 387 g/mol. The van der Waals surface area contributed by atoms with Gasteiger partial charge in [0.1, 0.15) is 10.6 Å². The molecule has 27 heavy (non-hydrogen) atoms. The van der Waals surface area contributed by atoms with Crippen molar-refractivity contribution in [3.8, 4) is 0 Å². The third-order valence-electron chi connectivity index (χ3n) is 5.29. The summed E-state index contributed by atoms with van der Waals surface area (Å²) >= 11 is 0. The van der Waals surface area contributed by atoms with Crippen molar-refractivity contribution in [2.45, 2.75) is 37.0 Å². The van der Waals surface area contributed by atoms with Crippen molar-refractivity contribution in [1.29, 1.82) is 0 Å². The first kappa shape index (κ1) is 17.8. The maximum absolute atomic E-state index is 12.8. The van der Waals surface area contributed by atoms with E-state index in [-0.39, 0.29) is 22.2 Å². The number of fused-ring (bicyclic) bond motifs is 2. The monoisotopic (exact) mass is 387 g/mol. The molecule has 142 valence electrons. The topological polar surface area (TPSA) is 97.3 Å². The van der Waals surface area contributed by atoms with Crippen molar-refractivity contribution in [2.75, 3.05) is 11.9 Å². The second-order valence-electron chi connectivity index (χ2n) is 7.05. The molecule has 2 aromatic rings. The molecule has 1 fully saturated rings. The van der Waals surface area contributed by atoms with E-state index in [1.165, 1.54) is 62.2 Å². The fraction of sp³-hybridized carbons (Fsp3) is 0.368. The molecule has 0 unspecified atom stereocenters. The number of hydrogen-bond donors (Lipinski definition) is 2. The third kappa shape index (κ3) is 3.25. The van der Waals surface area contributed by atoms with Gasteiger partial charge >= 0.3 is 0 Å². The Kier molecular flexibility index (Phi) is 4.51. The standard InChI is InChI=1S/C19H21N3O4S/c23-18(20-10-9-13-4-1-2-5-13)14-7-8-17-15(12-14)21-19(24)16-6-3-11-22(16)27(17,25)26/h3,6-8,11-13H,1-2,4-5,9-10H2,(H,20,23)(H,21,24). The summed E-state index contributed by atoms with van der Waals surface area (Å²) in [7, 11) is -3.90. The summed E-state index contributed by atoms with van der Waals surface area (Å²) in [5.74, 6) is -0.121. The fourth-order valence-electron chi connectivity index (χ4n) is 3.83. The molecule has 1 saturated carbocycles. The summed E-state index contributed by atoms with van der Waals surface area (Å²) in [6.07, 6.45) is 7.26. The molecule has 2 amide bonds. The minimum Gasteiger partial charge on any atom is -0.352 e. The van der Waals surface area contributed by atoms with Crippen LogP contribution >= 0.6 is 0 Å². The SMILES string of the molecule is O=C(NCCC1CCCC1)c1ccc2c(c1)NC(=O)c1cccn1S2(=O)=O. The average Bonchev–Trinajstić information content (AvgIpc) is 3.32. The van der Waals surface area contributed by atoms with Gasteiger partial charge in [0.2, 0.25) is 0 Å². The second-order valence-corrected chi connectivity index (χ2v) is 8.84. The lowest BCUT2D eigenvalue weighted by Gasteiger charge is -2.12. The van der Waals surface area contributed by atoms with Crippen molar-refractivity contribution in [2.24, 2.45) is 5.92 Å². The van der Waals surface area contributed by atoms with Crippen LogP contribution in [0.3, 0.4) is 0 Å². The van der Waals surface area contributed by atoms with E-state index in [2.05, 4.69) is 10.6 Å². The van der Waals surface area contributed by atoms with E-state index in [1.54, 1.807) is 0 Å². The van der Waals surface area contributed by atoms with Gasteiger partial charge in [0.25, 0.3) is 21.8 Å². The first-order valence-electron chi connectivity index (χ1n) is 9.13. The van der Waals surface area contributed by atoms with Crippen LogP contribution in [0.25, 0.3) is 0 Å². The van der Waals surface area contributed by atoms with Gasteiger partial charge in [-0.25, -0.2) is 12.4 Å². The van der Waals surface area contributed by atoms with E-state index in [0.717, 1.165) is 10.4 Å². The number of rotatable bonds is 4. The zero-order valence-corrected chi connectivity index (χ0v) is 15.6. The highest BCUT2D eigenvalue weighted by atomic mass is 32.2. The van der Waals surface area contributed by atoms with Gasteiger partial charge in [-0.2, -0.15) is 0 Å². The highest BCUT2D eigenvalue weighted by molar-refractivity contribution is 7.90. The van der Waals surface area contributed by atoms with Gasteiger partial charge in [-0.3, -0.25) is 9.59 Å². The van der Waals surface area contributed by atoms with E-state index in [0.29, 0.717) is 18.0 Å². The molecule has 0 saturated heterocycles. The Morgan fingerprint density at radius 1 is 1.22 bits per heavy atom. The first-order valence-corrected chi connectivity index (χ1v) is 10.6. The Labute approximate surface area is 157 Å². The van der Waals surface area contributed by atoms with Gasteiger partial charge in [-0.1, -0.05) is 25.7 Å². The molecule has 8 heteroatoms. The molecule has 1 aromatic carbocycles. The van der Waals surface area contributed by atoms with Crippen molar-refractivity contribution in [3.63, 3.8) is 0 Å². The summed E-state index contributed by atoms with van der Waals surface area (Å²) in [6, 6.07) is 7.20. The van der Waals surface area contributed by atoms with Crippen LogP contribution in [0.5, 0.6) is 0 Å². The van der Waals surface area contributed by atoms with Crippen LogP contribution in [0.4, 0.5) is 5.69 Å². The van der Waals surface area contributed by atoms with Crippen molar-refractivity contribution < 1.29 is 18.0 Å². The molecule has 2 N–H and O–H groups in total. The molecule has 1 aliphatic carbocycles. The van der Waals surface area contributed by atoms with E-state index < -0.39 is 15.9 Å². The molecule has 1 aliphatic heterocycles. The largest absolute Gasteiger partial charge is 0.352 e. The number of carbonyl (C=O) groups is 2. The molecule has 7 nitrogen and oxygen atoms in total. The molecule has 4 rings (SSSR count). The Bertz CT molecular complexity index is 1000. The van der Waals surface area contributed by atoms with Crippen molar-refractivity contribution in [3.05, 3.63) is 47.8 Å². The van der Waals surface area contributed by atoms with Gasteiger partial charge in [-0.05, 0) is 42.7 Å². The lowest BCUT2D eigenvalue weighted by molar-refractivity contribution is 0.0950. The number of carbonyl (C=O) groups excluding carboxylic acids is 2. The van der Waals surface area contributed by atoms with E-state index in [4.69, 9.17) is 0 Å². The fourth-order valence-corrected chi connectivity index (χ4v) is 5.30. The molecule has 1 aromatic heterocycles. The molecule has 0 radical (unpaired) electrons. The van der Waals surface area contributed by atoms with Crippen LogP contribution < -0.4 is 10.6 Å².